The lowest BCUT2D eigenvalue weighted by molar-refractivity contribution is -0.119. The van der Waals surface area contributed by atoms with Gasteiger partial charge in [0.15, 0.2) is 10.3 Å². The Balaban J connectivity index is 1.96. The van der Waals surface area contributed by atoms with Crippen LogP contribution in [0.25, 0.3) is 0 Å². The average Bonchev–Trinajstić information content (AvgIpc) is 2.92. The van der Waals surface area contributed by atoms with Gasteiger partial charge in [-0.3, -0.25) is 4.79 Å². The molecule has 5 heteroatoms. The molecule has 0 saturated carbocycles. The van der Waals surface area contributed by atoms with Crippen LogP contribution in [0.3, 0.4) is 0 Å². The Morgan fingerprint density at radius 1 is 1.28 bits per heavy atom. The van der Waals surface area contributed by atoms with Crippen LogP contribution in [0.1, 0.15) is 45.6 Å². The zero-order valence-electron chi connectivity index (χ0n) is 14.8. The highest BCUT2D eigenvalue weighted by Gasteiger charge is 2.56. The van der Waals surface area contributed by atoms with Gasteiger partial charge in [-0.25, -0.2) is 4.99 Å². The lowest BCUT2D eigenvalue weighted by atomic mass is 9.60. The van der Waals surface area contributed by atoms with Crippen LogP contribution in [0.15, 0.2) is 46.6 Å². The van der Waals surface area contributed by atoms with Gasteiger partial charge in [-0.1, -0.05) is 74.5 Å². The molecule has 2 heterocycles. The summed E-state index contributed by atoms with van der Waals surface area (Å²) in [7, 11) is 0. The van der Waals surface area contributed by atoms with Crippen molar-refractivity contribution in [2.75, 3.05) is 0 Å². The highest BCUT2D eigenvalue weighted by Crippen LogP contribution is 2.55. The molecule has 0 bridgehead atoms. The standard InChI is InChI=1S/C20H23ClN2OS/c1-4-20(12-8-6-5-7-9-12)15-13(10-19(2,3)11-14(15)24)22-17-16(20)25-18(21)23-17/h5-9,16-17,22H,4,10-11H2,1-3H3. The number of carbonyl (C=O) groups excluding carboxylic acids is 1. The summed E-state index contributed by atoms with van der Waals surface area (Å²) < 4.78 is 0.586. The van der Waals surface area contributed by atoms with E-state index in [9.17, 15) is 4.79 Å². The first-order chi connectivity index (χ1) is 11.9. The zero-order chi connectivity index (χ0) is 17.8. The van der Waals surface area contributed by atoms with Crippen molar-refractivity contribution >= 4 is 33.6 Å². The van der Waals surface area contributed by atoms with E-state index in [1.807, 2.05) is 6.07 Å². The number of benzene rings is 1. The van der Waals surface area contributed by atoms with E-state index in [2.05, 4.69) is 55.3 Å². The van der Waals surface area contributed by atoms with Crippen LogP contribution in [0.5, 0.6) is 0 Å². The number of nitrogens with one attached hydrogen (secondary N) is 1. The zero-order valence-corrected chi connectivity index (χ0v) is 16.4. The average molecular weight is 375 g/mol. The summed E-state index contributed by atoms with van der Waals surface area (Å²) in [5.41, 5.74) is 2.87. The molecule has 2 aliphatic heterocycles. The molecule has 0 saturated heterocycles. The number of aliphatic imine (C=N–C) groups is 1. The Morgan fingerprint density at radius 3 is 2.68 bits per heavy atom. The van der Waals surface area contributed by atoms with E-state index in [0.717, 1.165) is 24.1 Å². The van der Waals surface area contributed by atoms with Gasteiger partial charge >= 0.3 is 0 Å². The Bertz CT molecular complexity index is 786. The third-order valence-corrected chi connectivity index (χ3v) is 7.31. The fraction of sp³-hybridized carbons (Fsp3) is 0.500. The molecule has 1 N–H and O–H groups in total. The third-order valence-electron chi connectivity index (χ3n) is 5.73. The van der Waals surface area contributed by atoms with Gasteiger partial charge in [0, 0.05) is 23.1 Å². The number of allylic oxidation sites excluding steroid dienone is 2. The molecule has 1 aromatic carbocycles. The summed E-state index contributed by atoms with van der Waals surface area (Å²) in [6.45, 7) is 6.51. The van der Waals surface area contributed by atoms with Crippen LogP contribution in [0, 0.1) is 5.41 Å². The largest absolute Gasteiger partial charge is 0.366 e. The van der Waals surface area contributed by atoms with Crippen LogP contribution in [0.4, 0.5) is 0 Å². The van der Waals surface area contributed by atoms with E-state index in [-0.39, 0.29) is 28.0 Å². The molecule has 0 radical (unpaired) electrons. The van der Waals surface area contributed by atoms with Crippen LogP contribution in [-0.2, 0) is 10.2 Å². The second-order valence-electron chi connectivity index (χ2n) is 8.00. The number of halogens is 1. The molecule has 4 rings (SSSR count). The van der Waals surface area contributed by atoms with Crippen molar-refractivity contribution in [3.8, 4) is 0 Å². The Hall–Kier alpha value is -1.26. The van der Waals surface area contributed by atoms with Crippen molar-refractivity contribution in [3.63, 3.8) is 0 Å². The lowest BCUT2D eigenvalue weighted by Crippen LogP contribution is -2.57. The van der Waals surface area contributed by atoms with E-state index in [4.69, 9.17) is 11.6 Å². The highest BCUT2D eigenvalue weighted by molar-refractivity contribution is 8.17. The van der Waals surface area contributed by atoms with Crippen LogP contribution < -0.4 is 5.32 Å². The van der Waals surface area contributed by atoms with E-state index in [1.165, 1.54) is 5.56 Å². The van der Waals surface area contributed by atoms with Crippen molar-refractivity contribution < 1.29 is 4.79 Å². The Labute approximate surface area is 158 Å². The van der Waals surface area contributed by atoms with Gasteiger partial charge in [-0.15, -0.1) is 0 Å². The predicted molar refractivity (Wildman–Crippen MR) is 105 cm³/mol. The van der Waals surface area contributed by atoms with Gasteiger partial charge in [-0.2, -0.15) is 0 Å². The van der Waals surface area contributed by atoms with Gasteiger partial charge in [0.05, 0.1) is 5.25 Å². The van der Waals surface area contributed by atoms with Crippen molar-refractivity contribution in [1.29, 1.82) is 0 Å². The van der Waals surface area contributed by atoms with E-state index >= 15 is 0 Å². The number of rotatable bonds is 2. The highest BCUT2D eigenvalue weighted by atomic mass is 35.5. The second-order valence-corrected chi connectivity index (χ2v) is 9.71. The quantitative estimate of drug-likeness (QED) is 0.821. The van der Waals surface area contributed by atoms with E-state index in [1.54, 1.807) is 11.8 Å². The molecule has 3 atom stereocenters. The van der Waals surface area contributed by atoms with Crippen molar-refractivity contribution in [3.05, 3.63) is 47.2 Å². The molecule has 1 aromatic rings. The Morgan fingerprint density at radius 2 is 2.00 bits per heavy atom. The molecular formula is C20H23ClN2OS. The maximum absolute atomic E-state index is 13.3. The van der Waals surface area contributed by atoms with Crippen molar-refractivity contribution in [2.45, 2.75) is 56.9 Å². The first-order valence-corrected chi connectivity index (χ1v) is 10.1. The maximum Gasteiger partial charge on any atom is 0.162 e. The maximum atomic E-state index is 13.3. The predicted octanol–water partition coefficient (Wildman–Crippen LogP) is 4.62. The van der Waals surface area contributed by atoms with Crippen LogP contribution in [0.2, 0.25) is 0 Å². The fourth-order valence-electron chi connectivity index (χ4n) is 4.76. The minimum atomic E-state index is -0.342. The number of fused-ring (bicyclic) bond motifs is 1. The van der Waals surface area contributed by atoms with Gasteiger partial charge < -0.3 is 5.32 Å². The molecule has 0 spiro atoms. The number of nitrogens with zero attached hydrogens (tertiary/aromatic N) is 1. The normalized spacial score (nSPS) is 33.4. The van der Waals surface area contributed by atoms with Gasteiger partial charge in [-0.05, 0) is 23.8 Å². The Kier molecular flexibility index (Phi) is 4.04. The molecule has 3 nitrogen and oxygen atoms in total. The van der Waals surface area contributed by atoms with Crippen LogP contribution >= 0.6 is 23.4 Å². The minimum Gasteiger partial charge on any atom is -0.366 e. The number of hydrogen-bond acceptors (Lipinski definition) is 4. The number of ketones is 1. The number of thioether (sulfide) groups is 1. The summed E-state index contributed by atoms with van der Waals surface area (Å²) in [6, 6.07) is 10.4. The first kappa shape index (κ1) is 17.2. The first-order valence-electron chi connectivity index (χ1n) is 8.86. The molecule has 0 fully saturated rings. The number of Topliss-reactive ketones (excluding diaryl/α,β-unsaturated/α-hetero) is 1. The second kappa shape index (κ2) is 5.88. The lowest BCUT2D eigenvalue weighted by Gasteiger charge is -2.50. The third kappa shape index (κ3) is 2.57. The number of carbonyl (C=O) groups is 1. The summed E-state index contributed by atoms with van der Waals surface area (Å²) >= 11 is 7.92. The summed E-state index contributed by atoms with van der Waals surface area (Å²) in [5.74, 6) is 0.270. The molecule has 25 heavy (non-hydrogen) atoms. The van der Waals surface area contributed by atoms with Gasteiger partial charge in [0.2, 0.25) is 0 Å². The summed E-state index contributed by atoms with van der Waals surface area (Å²) in [5, 5.41) is 3.67. The summed E-state index contributed by atoms with van der Waals surface area (Å²) in [6.07, 6.45) is 2.26. The SMILES string of the molecule is CCC1(c2ccccc2)C2=C(CC(C)(C)CC2=O)NC2N=C(Cl)SC21. The van der Waals surface area contributed by atoms with Crippen LogP contribution in [-0.4, -0.2) is 21.7 Å². The topological polar surface area (TPSA) is 41.5 Å². The van der Waals surface area contributed by atoms with E-state index < -0.39 is 0 Å². The van der Waals surface area contributed by atoms with Crippen molar-refractivity contribution in [2.24, 2.45) is 10.4 Å². The fourth-order valence-corrected chi connectivity index (χ4v) is 6.42. The van der Waals surface area contributed by atoms with Gasteiger partial charge in [0.25, 0.3) is 0 Å². The molecule has 132 valence electrons. The van der Waals surface area contributed by atoms with Gasteiger partial charge in [0.1, 0.15) is 6.17 Å². The molecule has 0 aromatic heterocycles. The van der Waals surface area contributed by atoms with E-state index in [0.29, 0.717) is 10.9 Å². The number of hydrogen-bond donors (Lipinski definition) is 1. The smallest absolute Gasteiger partial charge is 0.162 e. The summed E-state index contributed by atoms with van der Waals surface area (Å²) in [4.78, 5) is 17.9. The molecule has 0 amide bonds. The monoisotopic (exact) mass is 374 g/mol. The molecule has 3 unspecified atom stereocenters. The molecule has 1 aliphatic carbocycles. The minimum absolute atomic E-state index is 0.0226. The molecule has 3 aliphatic rings. The van der Waals surface area contributed by atoms with Crippen molar-refractivity contribution in [1.82, 2.24) is 5.32 Å². The molecular weight excluding hydrogens is 352 g/mol.